The lowest BCUT2D eigenvalue weighted by molar-refractivity contribution is 0.0926. The van der Waals surface area contributed by atoms with Crippen molar-refractivity contribution < 1.29 is 14.0 Å². The summed E-state index contributed by atoms with van der Waals surface area (Å²) in [5, 5.41) is 8.90. The van der Waals surface area contributed by atoms with E-state index in [1.807, 2.05) is 24.3 Å². The second-order valence-electron chi connectivity index (χ2n) is 4.92. The van der Waals surface area contributed by atoms with Crippen LogP contribution >= 0.6 is 11.3 Å². The topological polar surface area (TPSA) is 96.3 Å². The molecule has 8 heteroatoms. The number of amides is 3. The first-order valence-corrected chi connectivity index (χ1v) is 8.22. The Morgan fingerprint density at radius 3 is 2.67 bits per heavy atom. The van der Waals surface area contributed by atoms with Gasteiger partial charge in [-0.1, -0.05) is 12.1 Å². The highest BCUT2D eigenvalue weighted by molar-refractivity contribution is 7.18. The first-order valence-electron chi connectivity index (χ1n) is 7.40. The van der Waals surface area contributed by atoms with Crippen molar-refractivity contribution in [2.75, 3.05) is 13.1 Å². The largest absolute Gasteiger partial charge is 0.459 e. The van der Waals surface area contributed by atoms with Crippen LogP contribution in [0.3, 0.4) is 0 Å². The zero-order valence-electron chi connectivity index (χ0n) is 12.7. The van der Waals surface area contributed by atoms with E-state index in [4.69, 9.17) is 4.42 Å². The van der Waals surface area contributed by atoms with Crippen LogP contribution in [0.1, 0.15) is 15.6 Å². The van der Waals surface area contributed by atoms with E-state index in [1.54, 1.807) is 23.5 Å². The minimum absolute atomic E-state index is 0.246. The van der Waals surface area contributed by atoms with Gasteiger partial charge in [0, 0.05) is 13.1 Å². The van der Waals surface area contributed by atoms with Crippen LogP contribution in [-0.2, 0) is 6.54 Å². The molecule has 0 bridgehead atoms. The normalized spacial score (nSPS) is 10.5. The van der Waals surface area contributed by atoms with E-state index in [0.717, 1.165) is 15.2 Å². The van der Waals surface area contributed by atoms with Crippen LogP contribution in [0.4, 0.5) is 4.79 Å². The highest BCUT2D eigenvalue weighted by Gasteiger charge is 2.08. The molecule has 124 valence electrons. The first-order chi connectivity index (χ1) is 11.7. The van der Waals surface area contributed by atoms with Gasteiger partial charge in [-0.25, -0.2) is 9.78 Å². The van der Waals surface area contributed by atoms with Crippen molar-refractivity contribution >= 4 is 33.5 Å². The Morgan fingerprint density at radius 1 is 1.04 bits per heavy atom. The smallest absolute Gasteiger partial charge is 0.315 e. The van der Waals surface area contributed by atoms with Crippen LogP contribution in [0.2, 0.25) is 0 Å². The second-order valence-corrected chi connectivity index (χ2v) is 6.03. The molecule has 3 aromatic rings. The van der Waals surface area contributed by atoms with Gasteiger partial charge in [0.1, 0.15) is 5.01 Å². The number of carbonyl (C=O) groups excluding carboxylic acids is 2. The molecule has 3 amide bonds. The quantitative estimate of drug-likeness (QED) is 0.597. The number of fused-ring (bicyclic) bond motifs is 1. The summed E-state index contributed by atoms with van der Waals surface area (Å²) in [6, 6.07) is 10.7. The van der Waals surface area contributed by atoms with Gasteiger partial charge >= 0.3 is 6.03 Å². The standard InChI is InChI=1S/C16H16N4O3S/c21-15(12-5-3-9-23-12)17-7-8-18-16(22)19-10-14-20-11-4-1-2-6-13(11)24-14/h1-6,9H,7-8,10H2,(H,17,21)(H2,18,19,22). The molecule has 0 saturated carbocycles. The van der Waals surface area contributed by atoms with Crippen molar-refractivity contribution in [2.24, 2.45) is 0 Å². The van der Waals surface area contributed by atoms with Crippen LogP contribution < -0.4 is 16.0 Å². The molecule has 3 rings (SSSR count). The lowest BCUT2D eigenvalue weighted by Crippen LogP contribution is -2.39. The SMILES string of the molecule is O=C(NCCNC(=O)c1ccco1)NCc1nc2ccccc2s1. The predicted octanol–water partition coefficient (Wildman–Crippen LogP) is 2.12. The highest BCUT2D eigenvalue weighted by atomic mass is 32.1. The minimum Gasteiger partial charge on any atom is -0.459 e. The summed E-state index contributed by atoms with van der Waals surface area (Å²) >= 11 is 1.55. The van der Waals surface area contributed by atoms with E-state index >= 15 is 0 Å². The number of hydrogen-bond donors (Lipinski definition) is 3. The molecular formula is C16H16N4O3S. The average Bonchev–Trinajstić information content (AvgIpc) is 3.25. The van der Waals surface area contributed by atoms with Crippen LogP contribution in [-0.4, -0.2) is 30.0 Å². The van der Waals surface area contributed by atoms with Crippen LogP contribution in [0.5, 0.6) is 0 Å². The lowest BCUT2D eigenvalue weighted by atomic mass is 10.3. The molecule has 3 N–H and O–H groups in total. The molecule has 0 unspecified atom stereocenters. The Labute approximate surface area is 142 Å². The molecule has 0 aliphatic rings. The minimum atomic E-state index is -0.309. The molecule has 0 saturated heterocycles. The van der Waals surface area contributed by atoms with Crippen molar-refractivity contribution in [1.82, 2.24) is 20.9 Å². The van der Waals surface area contributed by atoms with Gasteiger partial charge in [-0.3, -0.25) is 4.79 Å². The van der Waals surface area contributed by atoms with Crippen LogP contribution in [0, 0.1) is 0 Å². The molecule has 0 fully saturated rings. The summed E-state index contributed by atoms with van der Waals surface area (Å²) in [6.45, 7) is 0.996. The fourth-order valence-corrected chi connectivity index (χ4v) is 2.97. The molecule has 24 heavy (non-hydrogen) atoms. The van der Waals surface area contributed by atoms with Crippen molar-refractivity contribution in [2.45, 2.75) is 6.54 Å². The van der Waals surface area contributed by atoms with Gasteiger partial charge in [0.15, 0.2) is 5.76 Å². The molecule has 7 nitrogen and oxygen atoms in total. The van der Waals surface area contributed by atoms with Crippen molar-refractivity contribution in [1.29, 1.82) is 0 Å². The van der Waals surface area contributed by atoms with E-state index in [2.05, 4.69) is 20.9 Å². The second kappa shape index (κ2) is 7.60. The molecule has 2 heterocycles. The molecule has 0 radical (unpaired) electrons. The third-order valence-corrected chi connectivity index (χ3v) is 4.22. The van der Waals surface area contributed by atoms with Crippen molar-refractivity contribution in [3.8, 4) is 0 Å². The summed E-state index contributed by atoms with van der Waals surface area (Å²) in [6.07, 6.45) is 1.43. The van der Waals surface area contributed by atoms with Gasteiger partial charge in [-0.15, -0.1) is 11.3 Å². The zero-order chi connectivity index (χ0) is 16.8. The number of benzene rings is 1. The number of hydrogen-bond acceptors (Lipinski definition) is 5. The van der Waals surface area contributed by atoms with Crippen LogP contribution in [0.25, 0.3) is 10.2 Å². The number of carbonyl (C=O) groups is 2. The molecule has 0 spiro atoms. The number of thiazole rings is 1. The van der Waals surface area contributed by atoms with Gasteiger partial charge in [-0.2, -0.15) is 0 Å². The molecule has 0 atom stereocenters. The van der Waals surface area contributed by atoms with E-state index in [0.29, 0.717) is 19.6 Å². The average molecular weight is 344 g/mol. The van der Waals surface area contributed by atoms with E-state index in [9.17, 15) is 9.59 Å². The summed E-state index contributed by atoms with van der Waals surface area (Å²) < 4.78 is 6.06. The monoisotopic (exact) mass is 344 g/mol. The van der Waals surface area contributed by atoms with Crippen molar-refractivity contribution in [3.63, 3.8) is 0 Å². The van der Waals surface area contributed by atoms with Gasteiger partial charge in [-0.05, 0) is 24.3 Å². The van der Waals surface area contributed by atoms with Crippen molar-refractivity contribution in [3.05, 3.63) is 53.4 Å². The number of rotatable bonds is 6. The van der Waals surface area contributed by atoms with Gasteiger partial charge in [0.05, 0.1) is 23.0 Å². The summed E-state index contributed by atoms with van der Waals surface area (Å²) in [5.74, 6) is -0.0630. The Morgan fingerprint density at radius 2 is 1.88 bits per heavy atom. The third-order valence-electron chi connectivity index (χ3n) is 3.18. The first kappa shape index (κ1) is 16.0. The Kier molecular flexibility index (Phi) is 5.07. The molecule has 1 aromatic carbocycles. The lowest BCUT2D eigenvalue weighted by Gasteiger charge is -2.07. The predicted molar refractivity (Wildman–Crippen MR) is 90.9 cm³/mol. The Bertz CT molecular complexity index is 796. The van der Waals surface area contributed by atoms with Crippen LogP contribution in [0.15, 0.2) is 47.1 Å². The maximum absolute atomic E-state index is 11.7. The van der Waals surface area contributed by atoms with Gasteiger partial charge in [0.2, 0.25) is 0 Å². The summed E-state index contributed by atoms with van der Waals surface area (Å²) in [4.78, 5) is 27.8. The number of para-hydroxylation sites is 1. The number of urea groups is 1. The third kappa shape index (κ3) is 4.11. The van der Waals surface area contributed by atoms with E-state index in [1.165, 1.54) is 6.26 Å². The molecular weight excluding hydrogens is 328 g/mol. The van der Waals surface area contributed by atoms with Gasteiger partial charge < -0.3 is 20.4 Å². The maximum atomic E-state index is 11.7. The van der Waals surface area contributed by atoms with E-state index < -0.39 is 0 Å². The van der Waals surface area contributed by atoms with E-state index in [-0.39, 0.29) is 17.7 Å². The highest BCUT2D eigenvalue weighted by Crippen LogP contribution is 2.21. The molecule has 2 aromatic heterocycles. The summed E-state index contributed by atoms with van der Waals surface area (Å²) in [5.41, 5.74) is 0.931. The zero-order valence-corrected chi connectivity index (χ0v) is 13.6. The maximum Gasteiger partial charge on any atom is 0.315 e. The Balaban J connectivity index is 1.36. The number of furan rings is 1. The fourth-order valence-electron chi connectivity index (χ4n) is 2.06. The molecule has 0 aliphatic carbocycles. The number of nitrogens with one attached hydrogen (secondary N) is 3. The number of aromatic nitrogens is 1. The molecule has 0 aliphatic heterocycles. The number of nitrogens with zero attached hydrogens (tertiary/aromatic N) is 1. The Hall–Kier alpha value is -2.87. The van der Waals surface area contributed by atoms with Gasteiger partial charge in [0.25, 0.3) is 5.91 Å². The fraction of sp³-hybridized carbons (Fsp3) is 0.188. The summed E-state index contributed by atoms with van der Waals surface area (Å²) in [7, 11) is 0.